The van der Waals surface area contributed by atoms with Crippen LogP contribution in [0.5, 0.6) is 0 Å². The molecule has 25 heavy (non-hydrogen) atoms. The van der Waals surface area contributed by atoms with E-state index in [9.17, 15) is 4.79 Å². The molecule has 0 radical (unpaired) electrons. The Kier molecular flexibility index (Phi) is 4.26. The van der Waals surface area contributed by atoms with Gasteiger partial charge in [-0.3, -0.25) is 4.79 Å². The minimum Gasteiger partial charge on any atom is -0.342 e. The highest BCUT2D eigenvalue weighted by atomic mass is 16.2. The lowest BCUT2D eigenvalue weighted by Crippen LogP contribution is -2.39. The van der Waals surface area contributed by atoms with Crippen molar-refractivity contribution in [2.45, 2.75) is 32.1 Å². The standard InChI is InChI=1S/C21H23N3O/c1-2-15-9-11-16(12-10-15)21(25)24-13-5-6-17(14-24)20-22-18-7-3-4-8-19(18)23-20/h3-4,7-12,17H,2,5-6,13-14H2,1H3,(H,22,23). The molecular weight excluding hydrogens is 310 g/mol. The van der Waals surface area contributed by atoms with Crippen LogP contribution in [0.15, 0.2) is 48.5 Å². The number of fused-ring (bicyclic) bond motifs is 1. The molecule has 2 aromatic carbocycles. The fourth-order valence-corrected chi connectivity index (χ4v) is 3.62. The third-order valence-corrected chi connectivity index (χ3v) is 5.11. The summed E-state index contributed by atoms with van der Waals surface area (Å²) < 4.78 is 0. The monoisotopic (exact) mass is 333 g/mol. The zero-order valence-electron chi connectivity index (χ0n) is 14.5. The first-order valence-corrected chi connectivity index (χ1v) is 9.07. The number of aromatic amines is 1. The molecule has 0 spiro atoms. The van der Waals surface area contributed by atoms with Crippen molar-refractivity contribution in [3.8, 4) is 0 Å². The van der Waals surface area contributed by atoms with Crippen LogP contribution in [0.1, 0.15) is 47.4 Å². The number of nitrogens with zero attached hydrogens (tertiary/aromatic N) is 2. The molecule has 4 heteroatoms. The minimum atomic E-state index is 0.128. The van der Waals surface area contributed by atoms with E-state index < -0.39 is 0 Å². The summed E-state index contributed by atoms with van der Waals surface area (Å²) in [5, 5.41) is 0. The van der Waals surface area contributed by atoms with Gasteiger partial charge in [0.15, 0.2) is 0 Å². The molecule has 2 heterocycles. The molecule has 1 N–H and O–H groups in total. The Morgan fingerprint density at radius 1 is 1.20 bits per heavy atom. The summed E-state index contributed by atoms with van der Waals surface area (Å²) in [5.74, 6) is 1.41. The van der Waals surface area contributed by atoms with Crippen molar-refractivity contribution in [2.75, 3.05) is 13.1 Å². The van der Waals surface area contributed by atoms with Gasteiger partial charge >= 0.3 is 0 Å². The van der Waals surface area contributed by atoms with Crippen molar-refractivity contribution < 1.29 is 4.79 Å². The zero-order valence-corrected chi connectivity index (χ0v) is 14.5. The lowest BCUT2D eigenvalue weighted by molar-refractivity contribution is 0.0705. The second-order valence-corrected chi connectivity index (χ2v) is 6.78. The van der Waals surface area contributed by atoms with Gasteiger partial charge in [-0.25, -0.2) is 4.98 Å². The number of rotatable bonds is 3. The van der Waals surface area contributed by atoms with E-state index in [-0.39, 0.29) is 11.8 Å². The number of hydrogen-bond donors (Lipinski definition) is 1. The van der Waals surface area contributed by atoms with Crippen LogP contribution in [0.25, 0.3) is 11.0 Å². The number of H-pyrrole nitrogens is 1. The van der Waals surface area contributed by atoms with Crippen LogP contribution in [-0.4, -0.2) is 33.9 Å². The molecule has 4 nitrogen and oxygen atoms in total. The van der Waals surface area contributed by atoms with Gasteiger partial charge in [-0.05, 0) is 49.1 Å². The molecule has 1 amide bonds. The summed E-state index contributed by atoms with van der Waals surface area (Å²) in [6, 6.07) is 16.1. The average molecular weight is 333 g/mol. The predicted octanol–water partition coefficient (Wildman–Crippen LogP) is 4.15. The predicted molar refractivity (Wildman–Crippen MR) is 99.8 cm³/mol. The van der Waals surface area contributed by atoms with E-state index in [0.717, 1.165) is 54.8 Å². The van der Waals surface area contributed by atoms with E-state index >= 15 is 0 Å². The summed E-state index contributed by atoms with van der Waals surface area (Å²) in [5.41, 5.74) is 4.10. The van der Waals surface area contributed by atoms with E-state index in [0.29, 0.717) is 0 Å². The number of benzene rings is 2. The molecule has 1 aromatic heterocycles. The smallest absolute Gasteiger partial charge is 0.253 e. The summed E-state index contributed by atoms with van der Waals surface area (Å²) in [6.45, 7) is 3.68. The molecule has 1 aliphatic heterocycles. The van der Waals surface area contributed by atoms with Crippen LogP contribution in [0.3, 0.4) is 0 Å². The van der Waals surface area contributed by atoms with Gasteiger partial charge in [-0.15, -0.1) is 0 Å². The van der Waals surface area contributed by atoms with Gasteiger partial charge in [0, 0.05) is 24.6 Å². The maximum Gasteiger partial charge on any atom is 0.253 e. The Labute approximate surface area is 147 Å². The number of nitrogens with one attached hydrogen (secondary N) is 1. The Hall–Kier alpha value is -2.62. The van der Waals surface area contributed by atoms with Gasteiger partial charge in [-0.2, -0.15) is 0 Å². The van der Waals surface area contributed by atoms with E-state index in [1.165, 1.54) is 5.56 Å². The summed E-state index contributed by atoms with van der Waals surface area (Å²) in [6.07, 6.45) is 3.07. The van der Waals surface area contributed by atoms with E-state index in [1.807, 2.05) is 53.4 Å². The molecule has 128 valence electrons. The second-order valence-electron chi connectivity index (χ2n) is 6.78. The molecule has 1 saturated heterocycles. The van der Waals surface area contributed by atoms with Crippen molar-refractivity contribution in [3.05, 3.63) is 65.5 Å². The van der Waals surface area contributed by atoms with E-state index in [1.54, 1.807) is 0 Å². The number of hydrogen-bond acceptors (Lipinski definition) is 2. The van der Waals surface area contributed by atoms with Gasteiger partial charge in [-0.1, -0.05) is 31.2 Å². The Bertz CT molecular complexity index is 849. The Morgan fingerprint density at radius 2 is 2.00 bits per heavy atom. The summed E-state index contributed by atoms with van der Waals surface area (Å²) in [7, 11) is 0. The molecule has 3 aromatic rings. The van der Waals surface area contributed by atoms with Crippen LogP contribution in [0.4, 0.5) is 0 Å². The highest BCUT2D eigenvalue weighted by Crippen LogP contribution is 2.27. The van der Waals surface area contributed by atoms with Gasteiger partial charge in [0.1, 0.15) is 5.82 Å². The van der Waals surface area contributed by atoms with Crippen molar-refractivity contribution in [3.63, 3.8) is 0 Å². The fraction of sp³-hybridized carbons (Fsp3) is 0.333. The number of aryl methyl sites for hydroxylation is 1. The van der Waals surface area contributed by atoms with Gasteiger partial charge < -0.3 is 9.88 Å². The average Bonchev–Trinajstić information content (AvgIpc) is 3.12. The van der Waals surface area contributed by atoms with E-state index in [2.05, 4.69) is 11.9 Å². The van der Waals surface area contributed by atoms with Crippen LogP contribution >= 0.6 is 0 Å². The van der Waals surface area contributed by atoms with Crippen molar-refractivity contribution in [1.29, 1.82) is 0 Å². The molecule has 1 fully saturated rings. The normalized spacial score (nSPS) is 17.8. The van der Waals surface area contributed by atoms with Crippen molar-refractivity contribution in [2.24, 2.45) is 0 Å². The molecule has 1 unspecified atom stereocenters. The number of carbonyl (C=O) groups excluding carboxylic acids is 1. The molecule has 0 bridgehead atoms. The number of carbonyl (C=O) groups is 1. The first-order valence-electron chi connectivity index (χ1n) is 9.07. The van der Waals surface area contributed by atoms with Crippen LogP contribution in [-0.2, 0) is 6.42 Å². The maximum absolute atomic E-state index is 12.8. The third kappa shape index (κ3) is 3.16. The SMILES string of the molecule is CCc1ccc(C(=O)N2CCCC(c3nc4ccccc4[nH]3)C2)cc1. The van der Waals surface area contributed by atoms with Crippen molar-refractivity contribution >= 4 is 16.9 Å². The molecule has 1 atom stereocenters. The molecule has 4 rings (SSSR count). The molecule has 1 aliphatic rings. The fourth-order valence-electron chi connectivity index (χ4n) is 3.62. The Morgan fingerprint density at radius 3 is 2.76 bits per heavy atom. The number of para-hydroxylation sites is 2. The maximum atomic E-state index is 12.8. The number of likely N-dealkylation sites (tertiary alicyclic amines) is 1. The molecule has 0 aliphatic carbocycles. The number of imidazole rings is 1. The molecule has 0 saturated carbocycles. The quantitative estimate of drug-likeness (QED) is 0.783. The minimum absolute atomic E-state index is 0.128. The number of piperidine rings is 1. The zero-order chi connectivity index (χ0) is 17.2. The molecular formula is C21H23N3O. The number of aromatic nitrogens is 2. The third-order valence-electron chi connectivity index (χ3n) is 5.11. The highest BCUT2D eigenvalue weighted by molar-refractivity contribution is 5.94. The van der Waals surface area contributed by atoms with Crippen LogP contribution < -0.4 is 0 Å². The van der Waals surface area contributed by atoms with Crippen LogP contribution in [0, 0.1) is 0 Å². The van der Waals surface area contributed by atoms with Crippen molar-refractivity contribution in [1.82, 2.24) is 14.9 Å². The van der Waals surface area contributed by atoms with Gasteiger partial charge in [0.2, 0.25) is 0 Å². The van der Waals surface area contributed by atoms with Gasteiger partial charge in [0.25, 0.3) is 5.91 Å². The second kappa shape index (κ2) is 6.71. The first-order chi connectivity index (χ1) is 12.2. The highest BCUT2D eigenvalue weighted by Gasteiger charge is 2.27. The number of amides is 1. The van der Waals surface area contributed by atoms with E-state index in [4.69, 9.17) is 4.98 Å². The Balaban J connectivity index is 1.52. The summed E-state index contributed by atoms with van der Waals surface area (Å²) >= 11 is 0. The largest absolute Gasteiger partial charge is 0.342 e. The van der Waals surface area contributed by atoms with Crippen LogP contribution in [0.2, 0.25) is 0 Å². The first kappa shape index (κ1) is 15.9. The topological polar surface area (TPSA) is 49.0 Å². The lowest BCUT2D eigenvalue weighted by Gasteiger charge is -2.32. The van der Waals surface area contributed by atoms with Gasteiger partial charge in [0.05, 0.1) is 11.0 Å². The summed E-state index contributed by atoms with van der Waals surface area (Å²) in [4.78, 5) is 23.0. The lowest BCUT2D eigenvalue weighted by atomic mass is 9.96.